The minimum Gasteiger partial charge on any atom is -0.497 e. The lowest BCUT2D eigenvalue weighted by atomic mass is 10.1. The Labute approximate surface area is 121 Å². The minimum absolute atomic E-state index is 0.0263. The Balaban J connectivity index is 1.89. The molecule has 1 aliphatic rings. The van der Waals surface area contributed by atoms with Crippen LogP contribution in [0.4, 0.5) is 0 Å². The van der Waals surface area contributed by atoms with Gasteiger partial charge in [0.05, 0.1) is 7.11 Å². The predicted octanol–water partition coefficient (Wildman–Crippen LogP) is 2.30. The number of amides is 1. The van der Waals surface area contributed by atoms with Crippen LogP contribution in [0.3, 0.4) is 0 Å². The van der Waals surface area contributed by atoms with E-state index in [0.717, 1.165) is 19.5 Å². The number of carbonyl (C=O) groups excluding carboxylic acids is 1. The molecular formula is C16H24N2O2. The van der Waals surface area contributed by atoms with Crippen molar-refractivity contribution in [3.05, 3.63) is 29.8 Å². The van der Waals surface area contributed by atoms with Crippen LogP contribution in [0, 0.1) is 0 Å². The SMILES string of the molecule is CCC(CNC(=O)c1cccc(OC)c1)N1CCCC1. The normalized spacial score (nSPS) is 16.9. The number of carbonyl (C=O) groups is 1. The van der Waals surface area contributed by atoms with E-state index >= 15 is 0 Å². The topological polar surface area (TPSA) is 41.6 Å². The molecule has 1 saturated heterocycles. The number of rotatable bonds is 6. The molecule has 20 heavy (non-hydrogen) atoms. The third kappa shape index (κ3) is 3.73. The van der Waals surface area contributed by atoms with Gasteiger partial charge in [0.25, 0.3) is 5.91 Å². The van der Waals surface area contributed by atoms with E-state index in [1.807, 2.05) is 18.2 Å². The van der Waals surface area contributed by atoms with Crippen molar-refractivity contribution in [2.75, 3.05) is 26.7 Å². The minimum atomic E-state index is -0.0263. The van der Waals surface area contributed by atoms with Crippen LogP contribution in [0.1, 0.15) is 36.5 Å². The molecule has 4 heteroatoms. The maximum Gasteiger partial charge on any atom is 0.251 e. The van der Waals surface area contributed by atoms with E-state index in [1.165, 1.54) is 12.8 Å². The summed E-state index contributed by atoms with van der Waals surface area (Å²) in [5, 5.41) is 3.04. The van der Waals surface area contributed by atoms with Gasteiger partial charge in [-0.3, -0.25) is 9.69 Å². The Morgan fingerprint density at radius 3 is 2.80 bits per heavy atom. The Bertz CT molecular complexity index is 442. The lowest BCUT2D eigenvalue weighted by molar-refractivity contribution is 0.0936. The summed E-state index contributed by atoms with van der Waals surface area (Å²) in [4.78, 5) is 14.6. The predicted molar refractivity (Wildman–Crippen MR) is 80.2 cm³/mol. The molecule has 4 nitrogen and oxygen atoms in total. The summed E-state index contributed by atoms with van der Waals surface area (Å²) in [6.45, 7) is 5.22. The van der Waals surface area contributed by atoms with E-state index < -0.39 is 0 Å². The molecule has 1 aromatic rings. The molecule has 0 radical (unpaired) electrons. The van der Waals surface area contributed by atoms with Crippen molar-refractivity contribution < 1.29 is 9.53 Å². The van der Waals surface area contributed by atoms with E-state index in [9.17, 15) is 4.79 Å². The maximum atomic E-state index is 12.2. The Morgan fingerprint density at radius 1 is 1.40 bits per heavy atom. The fourth-order valence-corrected chi connectivity index (χ4v) is 2.72. The number of ether oxygens (including phenoxy) is 1. The van der Waals surface area contributed by atoms with Crippen molar-refractivity contribution in [1.82, 2.24) is 10.2 Å². The third-order valence-corrected chi connectivity index (χ3v) is 3.96. The zero-order chi connectivity index (χ0) is 14.4. The summed E-state index contributed by atoms with van der Waals surface area (Å²) in [5.41, 5.74) is 0.653. The van der Waals surface area contributed by atoms with Gasteiger partial charge in [-0.15, -0.1) is 0 Å². The molecular weight excluding hydrogens is 252 g/mol. The smallest absolute Gasteiger partial charge is 0.251 e. The lowest BCUT2D eigenvalue weighted by Gasteiger charge is -2.26. The van der Waals surface area contributed by atoms with Crippen LogP contribution in [0.15, 0.2) is 24.3 Å². The fourth-order valence-electron chi connectivity index (χ4n) is 2.72. The van der Waals surface area contributed by atoms with E-state index in [2.05, 4.69) is 17.1 Å². The number of likely N-dealkylation sites (tertiary alicyclic amines) is 1. The molecule has 0 aromatic heterocycles. The van der Waals surface area contributed by atoms with Crippen molar-refractivity contribution in [3.63, 3.8) is 0 Å². The molecule has 0 aliphatic carbocycles. The van der Waals surface area contributed by atoms with E-state index in [-0.39, 0.29) is 5.91 Å². The lowest BCUT2D eigenvalue weighted by Crippen LogP contribution is -2.42. The number of nitrogens with one attached hydrogen (secondary N) is 1. The van der Waals surface area contributed by atoms with Crippen molar-refractivity contribution >= 4 is 5.91 Å². The molecule has 0 saturated carbocycles. The van der Waals surface area contributed by atoms with Crippen molar-refractivity contribution in [3.8, 4) is 5.75 Å². The Kier molecular flexibility index (Phi) is 5.41. The van der Waals surface area contributed by atoms with Crippen LogP contribution >= 0.6 is 0 Å². The second kappa shape index (κ2) is 7.29. The number of hydrogen-bond acceptors (Lipinski definition) is 3. The fraction of sp³-hybridized carbons (Fsp3) is 0.562. The van der Waals surface area contributed by atoms with Gasteiger partial charge in [-0.2, -0.15) is 0 Å². The molecule has 1 aliphatic heterocycles. The first kappa shape index (κ1) is 14.9. The van der Waals surface area contributed by atoms with Gasteiger partial charge in [0.15, 0.2) is 0 Å². The van der Waals surface area contributed by atoms with Crippen LogP contribution < -0.4 is 10.1 Å². The highest BCUT2D eigenvalue weighted by atomic mass is 16.5. The van der Waals surface area contributed by atoms with Crippen LogP contribution in [-0.4, -0.2) is 43.6 Å². The molecule has 1 atom stereocenters. The zero-order valence-electron chi connectivity index (χ0n) is 12.4. The highest BCUT2D eigenvalue weighted by Gasteiger charge is 2.20. The zero-order valence-corrected chi connectivity index (χ0v) is 12.4. The van der Waals surface area contributed by atoms with Crippen molar-refractivity contribution in [2.45, 2.75) is 32.2 Å². The number of benzene rings is 1. The largest absolute Gasteiger partial charge is 0.497 e. The molecule has 1 amide bonds. The highest BCUT2D eigenvalue weighted by Crippen LogP contribution is 2.15. The number of nitrogens with zero attached hydrogens (tertiary/aromatic N) is 1. The first-order valence-electron chi connectivity index (χ1n) is 7.41. The molecule has 1 heterocycles. The monoisotopic (exact) mass is 276 g/mol. The average molecular weight is 276 g/mol. The van der Waals surface area contributed by atoms with Gasteiger partial charge < -0.3 is 10.1 Å². The Morgan fingerprint density at radius 2 is 2.15 bits per heavy atom. The second-order valence-electron chi connectivity index (χ2n) is 5.25. The van der Waals surface area contributed by atoms with Gasteiger partial charge >= 0.3 is 0 Å². The maximum absolute atomic E-state index is 12.2. The summed E-state index contributed by atoms with van der Waals surface area (Å²) in [5.74, 6) is 0.686. The molecule has 110 valence electrons. The summed E-state index contributed by atoms with van der Waals surface area (Å²) in [6, 6.07) is 7.72. The van der Waals surface area contributed by atoms with Crippen LogP contribution in [0.25, 0.3) is 0 Å². The molecule has 1 N–H and O–H groups in total. The molecule has 1 aromatic carbocycles. The molecule has 1 fully saturated rings. The summed E-state index contributed by atoms with van der Waals surface area (Å²) in [6.07, 6.45) is 3.62. The molecule has 0 bridgehead atoms. The van der Waals surface area contributed by atoms with E-state index in [4.69, 9.17) is 4.74 Å². The van der Waals surface area contributed by atoms with Gasteiger partial charge in [-0.1, -0.05) is 13.0 Å². The van der Waals surface area contributed by atoms with Crippen LogP contribution in [0.5, 0.6) is 5.75 Å². The van der Waals surface area contributed by atoms with E-state index in [0.29, 0.717) is 23.9 Å². The van der Waals surface area contributed by atoms with Gasteiger partial charge in [-0.05, 0) is 50.6 Å². The van der Waals surface area contributed by atoms with Crippen LogP contribution in [-0.2, 0) is 0 Å². The standard InChI is InChI=1S/C16H24N2O2/c1-3-14(18-9-4-5-10-18)12-17-16(19)13-7-6-8-15(11-13)20-2/h6-8,11,14H,3-5,9-10,12H2,1-2H3,(H,17,19). The summed E-state index contributed by atoms with van der Waals surface area (Å²) < 4.78 is 5.14. The molecule has 0 spiro atoms. The van der Waals surface area contributed by atoms with E-state index in [1.54, 1.807) is 13.2 Å². The van der Waals surface area contributed by atoms with Crippen molar-refractivity contribution in [1.29, 1.82) is 0 Å². The van der Waals surface area contributed by atoms with Gasteiger partial charge in [0.2, 0.25) is 0 Å². The van der Waals surface area contributed by atoms with Gasteiger partial charge in [0.1, 0.15) is 5.75 Å². The first-order chi connectivity index (χ1) is 9.74. The number of methoxy groups -OCH3 is 1. The quantitative estimate of drug-likeness (QED) is 0.867. The summed E-state index contributed by atoms with van der Waals surface area (Å²) >= 11 is 0. The average Bonchev–Trinajstić information content (AvgIpc) is 3.02. The van der Waals surface area contributed by atoms with Crippen LogP contribution in [0.2, 0.25) is 0 Å². The van der Waals surface area contributed by atoms with Crippen molar-refractivity contribution in [2.24, 2.45) is 0 Å². The van der Waals surface area contributed by atoms with Gasteiger partial charge in [-0.25, -0.2) is 0 Å². The highest BCUT2D eigenvalue weighted by molar-refractivity contribution is 5.94. The Hall–Kier alpha value is -1.55. The third-order valence-electron chi connectivity index (χ3n) is 3.96. The van der Waals surface area contributed by atoms with Gasteiger partial charge in [0, 0.05) is 18.2 Å². The molecule has 1 unspecified atom stereocenters. The molecule has 2 rings (SSSR count). The number of hydrogen-bond donors (Lipinski definition) is 1. The first-order valence-corrected chi connectivity index (χ1v) is 7.41. The summed E-state index contributed by atoms with van der Waals surface area (Å²) in [7, 11) is 1.61. The second-order valence-corrected chi connectivity index (χ2v) is 5.25.